The summed E-state index contributed by atoms with van der Waals surface area (Å²) in [5.74, 6) is -0.265. The molecule has 1 heterocycles. The summed E-state index contributed by atoms with van der Waals surface area (Å²) < 4.78 is 17.3. The number of hydrogen-bond donors (Lipinski definition) is 1. The lowest BCUT2D eigenvalue weighted by Crippen LogP contribution is -2.29. The van der Waals surface area contributed by atoms with Crippen molar-refractivity contribution in [3.63, 3.8) is 0 Å². The third kappa shape index (κ3) is 5.61. The van der Waals surface area contributed by atoms with Gasteiger partial charge in [0.05, 0.1) is 24.2 Å². The molecule has 1 aromatic carbocycles. The van der Waals surface area contributed by atoms with Crippen LogP contribution in [0.1, 0.15) is 23.9 Å². The van der Waals surface area contributed by atoms with Gasteiger partial charge in [-0.15, -0.1) is 0 Å². The van der Waals surface area contributed by atoms with Gasteiger partial charge in [0.25, 0.3) is 5.91 Å². The Morgan fingerprint density at radius 1 is 1.33 bits per heavy atom. The summed E-state index contributed by atoms with van der Waals surface area (Å²) in [4.78, 5) is 24.4. The molecule has 30 heavy (non-hydrogen) atoms. The molecule has 1 N–H and O–H groups in total. The van der Waals surface area contributed by atoms with E-state index in [4.69, 9.17) is 19.5 Å². The molecule has 0 spiro atoms. The molecule has 0 unspecified atom stereocenters. The van der Waals surface area contributed by atoms with E-state index in [1.165, 1.54) is 26.2 Å². The van der Waals surface area contributed by atoms with Gasteiger partial charge in [-0.3, -0.25) is 9.48 Å². The molecule has 1 amide bonds. The Balaban J connectivity index is 1.98. The molecule has 0 radical (unpaired) electrons. The smallest absolute Gasteiger partial charge is 0.331 e. The largest absolute Gasteiger partial charge is 0.493 e. The van der Waals surface area contributed by atoms with Gasteiger partial charge in [0.15, 0.2) is 24.2 Å². The van der Waals surface area contributed by atoms with Gasteiger partial charge in [0.2, 0.25) is 0 Å². The Hall–Kier alpha value is -3.80. The first kappa shape index (κ1) is 22.5. The first-order valence-electron chi connectivity index (χ1n) is 9.14. The van der Waals surface area contributed by atoms with Crippen LogP contribution in [0.4, 0.5) is 5.69 Å². The third-order valence-corrected chi connectivity index (χ3v) is 4.31. The summed E-state index contributed by atoms with van der Waals surface area (Å²) in [6, 6.07) is 6.87. The predicted molar refractivity (Wildman–Crippen MR) is 110 cm³/mol. The molecule has 9 nitrogen and oxygen atoms in total. The number of amides is 1. The average Bonchev–Trinajstić information content (AvgIpc) is 2.96. The quantitative estimate of drug-likeness (QED) is 0.523. The zero-order valence-corrected chi connectivity index (χ0v) is 17.6. The van der Waals surface area contributed by atoms with Crippen molar-refractivity contribution in [1.82, 2.24) is 9.78 Å². The van der Waals surface area contributed by atoms with Crippen molar-refractivity contribution in [2.45, 2.75) is 26.9 Å². The molecule has 158 valence electrons. The van der Waals surface area contributed by atoms with Crippen molar-refractivity contribution >= 4 is 23.6 Å². The van der Waals surface area contributed by atoms with Gasteiger partial charge in [0, 0.05) is 13.1 Å². The van der Waals surface area contributed by atoms with Crippen LogP contribution >= 0.6 is 0 Å². The Bertz CT molecular complexity index is 1000. The number of nitriles is 1. The minimum Gasteiger partial charge on any atom is -0.493 e. The topological polar surface area (TPSA) is 115 Å². The van der Waals surface area contributed by atoms with Gasteiger partial charge in [-0.25, -0.2) is 4.79 Å². The molecule has 0 fully saturated rings. The van der Waals surface area contributed by atoms with Crippen LogP contribution in [0.5, 0.6) is 11.5 Å². The molecular formula is C21H24N4O5. The number of methoxy groups -OCH3 is 1. The standard InChI is InChI=1S/C21H24N4O5/c1-13-20(14(2)25(4)24-13)23-21(27)15(3)30-19(26)9-7-16-6-8-17(29-11-10-22)18(12-16)28-5/h6-9,12,15H,11H2,1-5H3,(H,23,27)/b9-7+/t15-/m0/s1. The van der Waals surface area contributed by atoms with E-state index in [9.17, 15) is 9.59 Å². The van der Waals surface area contributed by atoms with E-state index < -0.39 is 18.0 Å². The number of aromatic nitrogens is 2. The number of esters is 1. The minimum atomic E-state index is -0.988. The average molecular weight is 412 g/mol. The summed E-state index contributed by atoms with van der Waals surface area (Å²) in [7, 11) is 3.26. The van der Waals surface area contributed by atoms with Crippen molar-refractivity contribution < 1.29 is 23.8 Å². The summed E-state index contributed by atoms with van der Waals surface area (Å²) in [6.45, 7) is 5.01. The molecular weight excluding hydrogens is 388 g/mol. The number of aryl methyl sites for hydroxylation is 2. The lowest BCUT2D eigenvalue weighted by molar-refractivity contribution is -0.148. The number of nitrogens with one attached hydrogen (secondary N) is 1. The predicted octanol–water partition coefficient (Wildman–Crippen LogP) is 2.53. The van der Waals surface area contributed by atoms with E-state index in [2.05, 4.69) is 10.4 Å². The fraction of sp³-hybridized carbons (Fsp3) is 0.333. The highest BCUT2D eigenvalue weighted by molar-refractivity contribution is 5.97. The highest BCUT2D eigenvalue weighted by atomic mass is 16.5. The van der Waals surface area contributed by atoms with Crippen molar-refractivity contribution in [3.8, 4) is 17.6 Å². The fourth-order valence-electron chi connectivity index (χ4n) is 2.63. The van der Waals surface area contributed by atoms with Gasteiger partial charge < -0.3 is 19.5 Å². The van der Waals surface area contributed by atoms with E-state index in [0.29, 0.717) is 28.4 Å². The van der Waals surface area contributed by atoms with Crippen LogP contribution in [-0.2, 0) is 21.4 Å². The zero-order chi connectivity index (χ0) is 22.3. The maximum Gasteiger partial charge on any atom is 0.331 e. The maximum absolute atomic E-state index is 12.3. The van der Waals surface area contributed by atoms with Crippen LogP contribution in [0, 0.1) is 25.2 Å². The molecule has 0 saturated heterocycles. The summed E-state index contributed by atoms with van der Waals surface area (Å²) >= 11 is 0. The highest BCUT2D eigenvalue weighted by Crippen LogP contribution is 2.28. The van der Waals surface area contributed by atoms with E-state index in [-0.39, 0.29) is 6.61 Å². The van der Waals surface area contributed by atoms with Crippen molar-refractivity contribution in [2.75, 3.05) is 19.0 Å². The summed E-state index contributed by atoms with van der Waals surface area (Å²) in [5.41, 5.74) is 2.74. The number of nitrogens with zero attached hydrogens (tertiary/aromatic N) is 3. The lowest BCUT2D eigenvalue weighted by Gasteiger charge is -2.12. The van der Waals surface area contributed by atoms with Gasteiger partial charge in [-0.05, 0) is 44.5 Å². The fourth-order valence-corrected chi connectivity index (χ4v) is 2.63. The number of hydrogen-bond acceptors (Lipinski definition) is 7. The number of carbonyl (C=O) groups is 2. The van der Waals surface area contributed by atoms with E-state index in [1.54, 1.807) is 36.9 Å². The molecule has 1 aromatic heterocycles. The Labute approximate surface area is 174 Å². The second-order valence-electron chi connectivity index (χ2n) is 6.43. The van der Waals surface area contributed by atoms with Crippen LogP contribution < -0.4 is 14.8 Å². The number of carbonyl (C=O) groups excluding carboxylic acids is 2. The monoisotopic (exact) mass is 412 g/mol. The molecule has 9 heteroatoms. The van der Waals surface area contributed by atoms with Crippen LogP contribution in [0.3, 0.4) is 0 Å². The third-order valence-electron chi connectivity index (χ3n) is 4.31. The first-order valence-corrected chi connectivity index (χ1v) is 9.14. The Kier molecular flexibility index (Phi) is 7.58. The summed E-state index contributed by atoms with van der Waals surface area (Å²) in [6.07, 6.45) is 1.76. The minimum absolute atomic E-state index is 0.101. The van der Waals surface area contributed by atoms with Crippen LogP contribution in [-0.4, -0.2) is 41.5 Å². The molecule has 0 aliphatic heterocycles. The van der Waals surface area contributed by atoms with E-state index >= 15 is 0 Å². The Morgan fingerprint density at radius 3 is 2.67 bits per heavy atom. The highest BCUT2D eigenvalue weighted by Gasteiger charge is 2.20. The summed E-state index contributed by atoms with van der Waals surface area (Å²) in [5, 5.41) is 15.6. The molecule has 2 rings (SSSR count). The number of rotatable bonds is 8. The van der Waals surface area contributed by atoms with Gasteiger partial charge in [-0.1, -0.05) is 6.07 Å². The van der Waals surface area contributed by atoms with Crippen molar-refractivity contribution in [1.29, 1.82) is 5.26 Å². The second-order valence-corrected chi connectivity index (χ2v) is 6.43. The van der Waals surface area contributed by atoms with Gasteiger partial charge in [0.1, 0.15) is 6.07 Å². The van der Waals surface area contributed by atoms with E-state index in [0.717, 1.165) is 5.69 Å². The molecule has 0 aliphatic rings. The van der Waals surface area contributed by atoms with Crippen molar-refractivity contribution in [2.24, 2.45) is 7.05 Å². The van der Waals surface area contributed by atoms with Crippen molar-refractivity contribution in [3.05, 3.63) is 41.2 Å². The number of anilines is 1. The van der Waals surface area contributed by atoms with Crippen LogP contribution in [0.15, 0.2) is 24.3 Å². The second kappa shape index (κ2) is 10.1. The van der Waals surface area contributed by atoms with Crippen LogP contribution in [0.25, 0.3) is 6.08 Å². The molecule has 2 aromatic rings. The Morgan fingerprint density at radius 2 is 2.07 bits per heavy atom. The number of benzene rings is 1. The molecule has 0 aliphatic carbocycles. The molecule has 1 atom stereocenters. The number of ether oxygens (including phenoxy) is 3. The van der Waals surface area contributed by atoms with E-state index in [1.807, 2.05) is 13.0 Å². The first-order chi connectivity index (χ1) is 14.3. The normalized spacial score (nSPS) is 11.6. The van der Waals surface area contributed by atoms with Gasteiger partial charge >= 0.3 is 5.97 Å². The SMILES string of the molecule is COc1cc(/C=C/C(=O)O[C@@H](C)C(=O)Nc2c(C)nn(C)c2C)ccc1OCC#N. The van der Waals surface area contributed by atoms with Crippen LogP contribution in [0.2, 0.25) is 0 Å². The molecule has 0 saturated carbocycles. The van der Waals surface area contributed by atoms with Gasteiger partial charge in [-0.2, -0.15) is 10.4 Å². The lowest BCUT2D eigenvalue weighted by atomic mass is 10.2. The maximum atomic E-state index is 12.3. The molecule has 0 bridgehead atoms. The zero-order valence-electron chi connectivity index (χ0n) is 17.6.